The van der Waals surface area contributed by atoms with Crippen molar-refractivity contribution in [2.24, 2.45) is 17.8 Å². The zero-order valence-electron chi connectivity index (χ0n) is 24.3. The molecular formula is C32H18Cl2F5N3O7. The molecular weight excluding hydrogens is 704 g/mol. The Morgan fingerprint density at radius 2 is 1.45 bits per heavy atom. The highest BCUT2D eigenvalue weighted by Gasteiger charge is 2.77. The Labute approximate surface area is 281 Å². The van der Waals surface area contributed by atoms with E-state index in [9.17, 15) is 47.6 Å². The average Bonchev–Trinajstić information content (AvgIpc) is 3.41. The molecule has 4 aliphatic rings. The summed E-state index contributed by atoms with van der Waals surface area (Å²) in [6.07, 6.45) is 0.633. The average molecular weight is 722 g/mol. The number of alkyl halides is 2. The van der Waals surface area contributed by atoms with Gasteiger partial charge >= 0.3 is 0 Å². The van der Waals surface area contributed by atoms with Gasteiger partial charge in [-0.3, -0.25) is 29.3 Å². The minimum atomic E-state index is -2.74. The highest BCUT2D eigenvalue weighted by Crippen LogP contribution is 2.66. The molecule has 3 fully saturated rings. The third-order valence-electron chi connectivity index (χ3n) is 9.72. The van der Waals surface area contributed by atoms with Gasteiger partial charge in [0.1, 0.15) is 11.4 Å². The van der Waals surface area contributed by atoms with Crippen LogP contribution in [0.15, 0.2) is 60.2 Å². The van der Waals surface area contributed by atoms with Gasteiger partial charge in [-0.15, -0.1) is 23.2 Å². The maximum atomic E-state index is 15.1. The van der Waals surface area contributed by atoms with E-state index in [2.05, 4.69) is 0 Å². The Kier molecular flexibility index (Phi) is 7.20. The number of aromatic hydroxyl groups is 1. The van der Waals surface area contributed by atoms with Gasteiger partial charge in [0.25, 0.3) is 17.5 Å². The number of nitro groups is 1. The van der Waals surface area contributed by atoms with Gasteiger partial charge < -0.3 is 5.11 Å². The fourth-order valence-corrected chi connectivity index (χ4v) is 8.58. The van der Waals surface area contributed by atoms with E-state index in [1.807, 2.05) is 0 Å². The minimum absolute atomic E-state index is 0.0298. The molecule has 0 bridgehead atoms. The van der Waals surface area contributed by atoms with Crippen molar-refractivity contribution < 1.29 is 51.2 Å². The molecule has 6 atom stereocenters. The van der Waals surface area contributed by atoms with Crippen LogP contribution in [0.1, 0.15) is 24.3 Å². The lowest BCUT2D eigenvalue weighted by Gasteiger charge is -2.50. The molecule has 2 saturated heterocycles. The van der Waals surface area contributed by atoms with E-state index in [1.165, 1.54) is 36.4 Å². The van der Waals surface area contributed by atoms with E-state index < -0.39 is 109 Å². The Morgan fingerprint density at radius 1 is 0.816 bits per heavy atom. The lowest BCUT2D eigenvalue weighted by molar-refractivity contribution is -0.384. The van der Waals surface area contributed by atoms with Gasteiger partial charge in [-0.05, 0) is 42.5 Å². The second-order valence-corrected chi connectivity index (χ2v) is 13.3. The maximum absolute atomic E-state index is 15.1. The molecule has 0 radical (unpaired) electrons. The minimum Gasteiger partial charge on any atom is -0.508 e. The number of phenols is 1. The smallest absolute Gasteiger partial charge is 0.271 e. The van der Waals surface area contributed by atoms with Crippen LogP contribution in [0.25, 0.3) is 0 Å². The maximum Gasteiger partial charge on any atom is 0.271 e. The molecule has 1 N–H and O–H groups in total. The molecule has 2 aliphatic carbocycles. The van der Waals surface area contributed by atoms with Gasteiger partial charge in [0.15, 0.2) is 33.0 Å². The predicted molar refractivity (Wildman–Crippen MR) is 160 cm³/mol. The standard InChI is InChI=1S/C32H18Cl2F5N3O7/c33-31-11-18-16(7-8-17-19(18)28(45)40(27(17)44)13-4-2-5-14(10-13)42(48)49)20(12-3-1-6-15(43)9-12)32(31,34)30(47)41(29(31)46)26-24(38)22(36)21(35)23(37)25(26)39/h1-7,9-10,17-20,43H,8,11H2/t17-,18+,19-,20-,31+,32-/m0/s1. The summed E-state index contributed by atoms with van der Waals surface area (Å²) >= 11 is 14.1. The summed E-state index contributed by atoms with van der Waals surface area (Å²) in [5.74, 6) is -22.8. The van der Waals surface area contributed by atoms with Crippen molar-refractivity contribution in [3.63, 3.8) is 0 Å². The van der Waals surface area contributed by atoms with Crippen molar-refractivity contribution in [3.8, 4) is 5.75 Å². The molecule has 2 aliphatic heterocycles. The molecule has 0 unspecified atom stereocenters. The fraction of sp³-hybridized carbons (Fsp3) is 0.250. The number of rotatable bonds is 4. The number of anilines is 2. The molecule has 2 heterocycles. The predicted octanol–water partition coefficient (Wildman–Crippen LogP) is 5.76. The molecule has 7 rings (SSSR count). The number of nitrogens with zero attached hydrogens (tertiary/aromatic N) is 3. The molecule has 49 heavy (non-hydrogen) atoms. The van der Waals surface area contributed by atoms with Crippen LogP contribution in [0.5, 0.6) is 5.75 Å². The Balaban J connectivity index is 1.41. The van der Waals surface area contributed by atoms with Crippen LogP contribution in [-0.2, 0) is 19.2 Å². The normalized spacial score (nSPS) is 29.2. The zero-order chi connectivity index (χ0) is 35.5. The van der Waals surface area contributed by atoms with Crippen LogP contribution in [0.2, 0.25) is 0 Å². The van der Waals surface area contributed by atoms with E-state index in [4.69, 9.17) is 23.2 Å². The van der Waals surface area contributed by atoms with Crippen molar-refractivity contribution in [2.45, 2.75) is 28.5 Å². The lowest BCUT2D eigenvalue weighted by atomic mass is 9.56. The van der Waals surface area contributed by atoms with E-state index in [-0.39, 0.29) is 33.9 Å². The van der Waals surface area contributed by atoms with Crippen LogP contribution in [0.4, 0.5) is 39.0 Å². The molecule has 1 saturated carbocycles. The third kappa shape index (κ3) is 4.17. The number of carbonyl (C=O) groups is 4. The summed E-state index contributed by atoms with van der Waals surface area (Å²) in [6.45, 7) is 0. The van der Waals surface area contributed by atoms with Crippen LogP contribution in [0.3, 0.4) is 0 Å². The van der Waals surface area contributed by atoms with Gasteiger partial charge in [-0.1, -0.05) is 29.8 Å². The second-order valence-electron chi connectivity index (χ2n) is 12.1. The highest BCUT2D eigenvalue weighted by atomic mass is 35.5. The first-order valence-electron chi connectivity index (χ1n) is 14.5. The molecule has 0 aromatic heterocycles. The topological polar surface area (TPSA) is 138 Å². The van der Waals surface area contributed by atoms with Gasteiger partial charge in [0.05, 0.1) is 22.4 Å². The Hall–Kier alpha value is -4.89. The number of imide groups is 2. The molecule has 10 nitrogen and oxygen atoms in total. The molecule has 252 valence electrons. The summed E-state index contributed by atoms with van der Waals surface area (Å²) < 4.78 is 72.9. The zero-order valence-corrected chi connectivity index (χ0v) is 25.8. The van der Waals surface area contributed by atoms with Crippen LogP contribution in [-0.4, -0.2) is 43.4 Å². The monoisotopic (exact) mass is 721 g/mol. The van der Waals surface area contributed by atoms with Crippen LogP contribution < -0.4 is 9.80 Å². The summed E-state index contributed by atoms with van der Waals surface area (Å²) in [4.78, 5) is 61.9. The van der Waals surface area contributed by atoms with E-state index >= 15 is 8.78 Å². The molecule has 3 aromatic rings. The highest BCUT2D eigenvalue weighted by molar-refractivity contribution is 6.58. The van der Waals surface area contributed by atoms with Gasteiger partial charge in [0, 0.05) is 18.1 Å². The number of nitro benzene ring substituents is 1. The summed E-state index contributed by atoms with van der Waals surface area (Å²) in [6, 6.07) is 9.86. The number of fused-ring (bicyclic) bond motifs is 4. The van der Waals surface area contributed by atoms with Crippen LogP contribution >= 0.6 is 23.2 Å². The molecule has 3 aromatic carbocycles. The number of phenolic OH excluding ortho intramolecular Hbond substituents is 1. The first kappa shape index (κ1) is 32.6. The second kappa shape index (κ2) is 10.8. The first-order chi connectivity index (χ1) is 23.1. The van der Waals surface area contributed by atoms with E-state index in [0.29, 0.717) is 0 Å². The fourth-order valence-electron chi connectivity index (χ4n) is 7.65. The van der Waals surface area contributed by atoms with Crippen molar-refractivity contribution in [3.05, 3.63) is 105 Å². The Bertz CT molecular complexity index is 2090. The number of allylic oxidation sites excluding steroid dienone is 2. The number of benzene rings is 3. The van der Waals surface area contributed by atoms with E-state index in [1.54, 1.807) is 0 Å². The van der Waals surface area contributed by atoms with Crippen molar-refractivity contribution in [1.82, 2.24) is 0 Å². The number of halogens is 7. The van der Waals surface area contributed by atoms with Crippen molar-refractivity contribution in [2.75, 3.05) is 9.80 Å². The van der Waals surface area contributed by atoms with Crippen LogP contribution in [0, 0.1) is 57.0 Å². The number of non-ortho nitro benzene ring substituents is 1. The SMILES string of the molecule is O=C1[C@H]2[C@H](CC=C3[C@H]2C[C@@]2(Cl)C(=O)N(c4c(F)c(F)c(F)c(F)c4F)C(=O)[C@@]2(Cl)[C@H]3c2cccc(O)c2)C(=O)N1c1cccc([N+](=O)[O-])c1. The van der Waals surface area contributed by atoms with Crippen molar-refractivity contribution in [1.29, 1.82) is 0 Å². The van der Waals surface area contributed by atoms with Crippen molar-refractivity contribution >= 4 is 63.9 Å². The molecule has 0 spiro atoms. The summed E-state index contributed by atoms with van der Waals surface area (Å²) in [7, 11) is 0. The Morgan fingerprint density at radius 3 is 2.08 bits per heavy atom. The number of hydrogen-bond acceptors (Lipinski definition) is 7. The molecule has 17 heteroatoms. The number of hydrogen-bond donors (Lipinski definition) is 1. The number of carbonyl (C=O) groups excluding carboxylic acids is 4. The van der Waals surface area contributed by atoms with E-state index in [0.717, 1.165) is 23.1 Å². The summed E-state index contributed by atoms with van der Waals surface area (Å²) in [5.41, 5.74) is -2.22. The third-order valence-corrected chi connectivity index (χ3v) is 11.1. The quantitative estimate of drug-likeness (QED) is 0.0528. The summed E-state index contributed by atoms with van der Waals surface area (Å²) in [5, 5.41) is 21.8. The van der Waals surface area contributed by atoms with Gasteiger partial charge in [-0.25, -0.2) is 31.8 Å². The molecule has 4 amide bonds. The van der Waals surface area contributed by atoms with Gasteiger partial charge in [-0.2, -0.15) is 0 Å². The lowest BCUT2D eigenvalue weighted by Crippen LogP contribution is -2.60. The first-order valence-corrected chi connectivity index (χ1v) is 15.2. The van der Waals surface area contributed by atoms with Gasteiger partial charge in [0.2, 0.25) is 17.6 Å². The largest absolute Gasteiger partial charge is 0.508 e. The number of amides is 4.